The first kappa shape index (κ1) is 15.8. The van der Waals surface area contributed by atoms with E-state index in [0.29, 0.717) is 0 Å². The zero-order chi connectivity index (χ0) is 17.1. The van der Waals surface area contributed by atoms with E-state index in [2.05, 4.69) is 72.6 Å². The van der Waals surface area contributed by atoms with Crippen LogP contribution < -0.4 is 0 Å². The van der Waals surface area contributed by atoms with Gasteiger partial charge in [0.25, 0.3) is 0 Å². The molecule has 3 aromatic rings. The fourth-order valence-electron chi connectivity index (χ4n) is 3.57. The van der Waals surface area contributed by atoms with Gasteiger partial charge in [0, 0.05) is 12.6 Å². The number of aromatic nitrogens is 1. The molecule has 0 radical (unpaired) electrons. The van der Waals surface area contributed by atoms with Gasteiger partial charge in [0.05, 0.1) is 5.69 Å². The van der Waals surface area contributed by atoms with Crippen molar-refractivity contribution in [2.24, 2.45) is 0 Å². The molecule has 1 aliphatic carbocycles. The van der Waals surface area contributed by atoms with E-state index in [0.717, 1.165) is 12.1 Å². The summed E-state index contributed by atoms with van der Waals surface area (Å²) in [6, 6.07) is 21.9. The molecule has 124 valence electrons. The summed E-state index contributed by atoms with van der Waals surface area (Å²) in [7, 11) is 0. The molecule has 0 bridgehead atoms. The number of unbranched alkanes of at least 4 members (excludes halogenated alkanes) is 1. The third kappa shape index (κ3) is 3.28. The van der Waals surface area contributed by atoms with Gasteiger partial charge in [-0.2, -0.15) is 0 Å². The number of pyridine rings is 1. The number of nitrogens with zero attached hydrogens (tertiary/aromatic N) is 1. The molecule has 2 aromatic carbocycles. The van der Waals surface area contributed by atoms with Crippen LogP contribution in [0.5, 0.6) is 0 Å². The normalized spacial score (nSPS) is 12.8. The Hall–Kier alpha value is -2.67. The smallest absolute Gasteiger partial charge is 0.0665 e. The van der Waals surface area contributed by atoms with Crippen molar-refractivity contribution in [1.82, 2.24) is 4.98 Å². The molecule has 4 rings (SSSR count). The van der Waals surface area contributed by atoms with Crippen LogP contribution in [0.4, 0.5) is 0 Å². The van der Waals surface area contributed by atoms with E-state index < -0.39 is 0 Å². The number of benzene rings is 2. The molecule has 0 unspecified atom stereocenters. The topological polar surface area (TPSA) is 12.9 Å². The highest BCUT2D eigenvalue weighted by Gasteiger charge is 2.18. The molecule has 0 aliphatic heterocycles. The van der Waals surface area contributed by atoms with Crippen LogP contribution in [0.3, 0.4) is 0 Å². The van der Waals surface area contributed by atoms with Gasteiger partial charge in [-0.3, -0.25) is 4.98 Å². The fourth-order valence-corrected chi connectivity index (χ4v) is 3.57. The summed E-state index contributed by atoms with van der Waals surface area (Å²) in [5, 5.41) is 0. The number of rotatable bonds is 5. The Balaban J connectivity index is 1.67. The number of fused-ring (bicyclic) bond motifs is 1. The predicted octanol–water partition coefficient (Wildman–Crippen LogP) is 6.19. The first-order valence-corrected chi connectivity index (χ1v) is 9.18. The average molecular weight is 325 g/mol. The summed E-state index contributed by atoms with van der Waals surface area (Å²) in [4.78, 5) is 4.52. The lowest BCUT2D eigenvalue weighted by atomic mass is 9.96. The van der Waals surface area contributed by atoms with E-state index in [-0.39, 0.29) is 0 Å². The predicted molar refractivity (Wildman–Crippen MR) is 106 cm³/mol. The molecular formula is C24H23N. The molecule has 1 aromatic heterocycles. The van der Waals surface area contributed by atoms with E-state index in [1.165, 1.54) is 52.7 Å². The maximum Gasteiger partial charge on any atom is 0.0665 e. The summed E-state index contributed by atoms with van der Waals surface area (Å²) >= 11 is 0. The molecule has 1 aliphatic rings. The lowest BCUT2D eigenvalue weighted by Crippen LogP contribution is -1.90. The highest BCUT2D eigenvalue weighted by atomic mass is 14.7. The maximum absolute atomic E-state index is 4.52. The summed E-state index contributed by atoms with van der Waals surface area (Å²) in [5.74, 6) is 0. The fraction of sp³-hybridized carbons (Fsp3) is 0.208. The molecule has 1 nitrogen and oxygen atoms in total. The Morgan fingerprint density at radius 3 is 2.56 bits per heavy atom. The molecule has 0 saturated heterocycles. The van der Waals surface area contributed by atoms with Crippen LogP contribution in [0.1, 0.15) is 42.1 Å². The number of hydrogen-bond acceptors (Lipinski definition) is 1. The molecular weight excluding hydrogens is 302 g/mol. The van der Waals surface area contributed by atoms with Crippen molar-refractivity contribution in [1.29, 1.82) is 0 Å². The number of aryl methyl sites for hydroxylation is 1. The van der Waals surface area contributed by atoms with Gasteiger partial charge < -0.3 is 0 Å². The lowest BCUT2D eigenvalue weighted by molar-refractivity contribution is 0.795. The summed E-state index contributed by atoms with van der Waals surface area (Å²) in [5.41, 5.74) is 9.20. The van der Waals surface area contributed by atoms with E-state index in [4.69, 9.17) is 0 Å². The maximum atomic E-state index is 4.52. The first-order chi connectivity index (χ1) is 12.3. The van der Waals surface area contributed by atoms with Crippen molar-refractivity contribution in [2.45, 2.75) is 32.6 Å². The zero-order valence-electron chi connectivity index (χ0n) is 14.7. The van der Waals surface area contributed by atoms with Crippen molar-refractivity contribution in [3.8, 4) is 11.1 Å². The molecule has 0 N–H and O–H groups in total. The standard InChI is InChI=1S/C24H23N/c1-2-3-7-18-11-13-19(14-12-18)22-9-6-8-20-16-21(17-23(20)22)24-10-4-5-15-25-24/h4-6,8-15,17H,2-3,7,16H2,1H3. The Morgan fingerprint density at radius 2 is 1.80 bits per heavy atom. The third-order valence-corrected chi connectivity index (χ3v) is 4.97. The summed E-state index contributed by atoms with van der Waals surface area (Å²) in [6.45, 7) is 2.24. The van der Waals surface area contributed by atoms with E-state index >= 15 is 0 Å². The number of allylic oxidation sites excluding steroid dienone is 1. The van der Waals surface area contributed by atoms with Crippen molar-refractivity contribution < 1.29 is 0 Å². The van der Waals surface area contributed by atoms with Gasteiger partial charge in [0.15, 0.2) is 0 Å². The Bertz CT molecular complexity index is 889. The van der Waals surface area contributed by atoms with Crippen LogP contribution in [0, 0.1) is 0 Å². The third-order valence-electron chi connectivity index (χ3n) is 4.97. The first-order valence-electron chi connectivity index (χ1n) is 9.18. The molecule has 1 heteroatoms. The molecule has 25 heavy (non-hydrogen) atoms. The summed E-state index contributed by atoms with van der Waals surface area (Å²) < 4.78 is 0. The van der Waals surface area contributed by atoms with E-state index in [1.54, 1.807) is 0 Å². The van der Waals surface area contributed by atoms with Crippen LogP contribution in [-0.4, -0.2) is 4.98 Å². The van der Waals surface area contributed by atoms with E-state index in [9.17, 15) is 0 Å². The molecule has 0 spiro atoms. The quantitative estimate of drug-likeness (QED) is 0.545. The highest BCUT2D eigenvalue weighted by Crippen LogP contribution is 2.37. The molecule has 0 saturated carbocycles. The molecule has 0 fully saturated rings. The van der Waals surface area contributed by atoms with Gasteiger partial charge in [-0.25, -0.2) is 0 Å². The van der Waals surface area contributed by atoms with Gasteiger partial charge in [0.2, 0.25) is 0 Å². The minimum atomic E-state index is 0.967. The van der Waals surface area contributed by atoms with Gasteiger partial charge >= 0.3 is 0 Å². The van der Waals surface area contributed by atoms with Crippen LogP contribution in [0.2, 0.25) is 0 Å². The lowest BCUT2D eigenvalue weighted by Gasteiger charge is -2.09. The Morgan fingerprint density at radius 1 is 0.920 bits per heavy atom. The van der Waals surface area contributed by atoms with Crippen LogP contribution in [-0.2, 0) is 12.8 Å². The zero-order valence-corrected chi connectivity index (χ0v) is 14.7. The van der Waals surface area contributed by atoms with Crippen molar-refractivity contribution in [3.63, 3.8) is 0 Å². The minimum Gasteiger partial charge on any atom is -0.257 e. The van der Waals surface area contributed by atoms with Gasteiger partial charge in [-0.1, -0.05) is 61.9 Å². The minimum absolute atomic E-state index is 0.967. The summed E-state index contributed by atoms with van der Waals surface area (Å²) in [6.07, 6.45) is 8.83. The van der Waals surface area contributed by atoms with Crippen molar-refractivity contribution in [2.75, 3.05) is 0 Å². The average Bonchev–Trinajstić information content (AvgIpc) is 3.12. The SMILES string of the molecule is CCCCc1ccc(-c2cccc3c2C=C(c2ccccn2)C3)cc1. The largest absolute Gasteiger partial charge is 0.257 e. The van der Waals surface area contributed by atoms with Gasteiger partial charge in [-0.05, 0) is 64.4 Å². The van der Waals surface area contributed by atoms with Gasteiger partial charge in [0.1, 0.15) is 0 Å². The second kappa shape index (κ2) is 7.06. The monoisotopic (exact) mass is 325 g/mol. The number of hydrogen-bond donors (Lipinski definition) is 0. The van der Waals surface area contributed by atoms with Gasteiger partial charge in [-0.15, -0.1) is 0 Å². The second-order valence-electron chi connectivity index (χ2n) is 6.74. The van der Waals surface area contributed by atoms with Crippen molar-refractivity contribution >= 4 is 11.6 Å². The van der Waals surface area contributed by atoms with Crippen molar-refractivity contribution in [3.05, 3.63) is 89.2 Å². The van der Waals surface area contributed by atoms with E-state index in [1.807, 2.05) is 12.3 Å². The molecule has 0 atom stereocenters. The second-order valence-corrected chi connectivity index (χ2v) is 6.74. The molecule has 1 heterocycles. The highest BCUT2D eigenvalue weighted by molar-refractivity contribution is 5.93. The molecule has 0 amide bonds. The Kier molecular flexibility index (Phi) is 4.47. The van der Waals surface area contributed by atoms with Crippen LogP contribution in [0.15, 0.2) is 66.9 Å². The van der Waals surface area contributed by atoms with Crippen LogP contribution >= 0.6 is 0 Å². The van der Waals surface area contributed by atoms with Crippen LogP contribution in [0.25, 0.3) is 22.8 Å². The Labute approximate surface area is 150 Å².